The summed E-state index contributed by atoms with van der Waals surface area (Å²) in [5, 5.41) is 13.9. The molecule has 8 nitrogen and oxygen atoms in total. The van der Waals surface area contributed by atoms with Crippen molar-refractivity contribution in [1.82, 2.24) is 5.32 Å². The van der Waals surface area contributed by atoms with E-state index in [2.05, 4.69) is 19.2 Å². The van der Waals surface area contributed by atoms with Gasteiger partial charge in [-0.1, -0.05) is 194 Å². The molecule has 0 saturated carbocycles. The molecule has 0 radical (unpaired) electrons. The Labute approximate surface area is 317 Å². The lowest BCUT2D eigenvalue weighted by Gasteiger charge is -2.26. The summed E-state index contributed by atoms with van der Waals surface area (Å²) in [5.74, 6) is -0.142. The highest BCUT2D eigenvalue weighted by molar-refractivity contribution is 7.47. The Balaban J connectivity index is 4.36. The van der Waals surface area contributed by atoms with Crippen LogP contribution < -0.4 is 5.32 Å². The van der Waals surface area contributed by atoms with E-state index in [1.165, 1.54) is 148 Å². The SMILES string of the molecule is CCCCCCCCCCCCCCCCCC(O)C(COP(=O)(O)OCC[N+](C)(C)C)NC(=O)CCCCCCCCCCCCCCCC. The molecule has 0 aliphatic rings. The number of aliphatic hydroxyl groups is 1. The van der Waals surface area contributed by atoms with Crippen LogP contribution in [0.4, 0.5) is 0 Å². The van der Waals surface area contributed by atoms with Crippen LogP contribution >= 0.6 is 7.82 Å². The number of nitrogens with one attached hydrogen (secondary N) is 1. The summed E-state index contributed by atoms with van der Waals surface area (Å²) in [6, 6.07) is -0.752. The molecule has 0 aliphatic heterocycles. The summed E-state index contributed by atoms with van der Waals surface area (Å²) in [4.78, 5) is 23.1. The van der Waals surface area contributed by atoms with Crippen molar-refractivity contribution < 1.29 is 32.9 Å². The number of hydrogen-bond donors (Lipinski definition) is 3. The summed E-state index contributed by atoms with van der Waals surface area (Å²) in [7, 11) is 1.63. The smallest absolute Gasteiger partial charge is 0.391 e. The fourth-order valence-corrected chi connectivity index (χ4v) is 7.31. The highest BCUT2D eigenvalue weighted by Gasteiger charge is 2.28. The van der Waals surface area contributed by atoms with Gasteiger partial charge in [0.1, 0.15) is 13.2 Å². The van der Waals surface area contributed by atoms with Gasteiger partial charge in [-0.25, -0.2) is 4.57 Å². The van der Waals surface area contributed by atoms with Crippen LogP contribution in [0.25, 0.3) is 0 Å². The molecule has 3 atom stereocenters. The van der Waals surface area contributed by atoms with Crippen molar-refractivity contribution in [3.05, 3.63) is 0 Å². The number of amides is 1. The van der Waals surface area contributed by atoms with Gasteiger partial charge in [0.05, 0.1) is 39.9 Å². The van der Waals surface area contributed by atoms with E-state index < -0.39 is 20.0 Å². The van der Waals surface area contributed by atoms with Crippen molar-refractivity contribution in [2.24, 2.45) is 0 Å². The van der Waals surface area contributed by atoms with Crippen molar-refractivity contribution in [3.8, 4) is 0 Å². The van der Waals surface area contributed by atoms with Crippen LogP contribution in [0.15, 0.2) is 0 Å². The predicted molar refractivity (Wildman–Crippen MR) is 217 cm³/mol. The number of hydrogen-bond acceptors (Lipinski definition) is 5. The van der Waals surface area contributed by atoms with Gasteiger partial charge >= 0.3 is 7.82 Å². The summed E-state index contributed by atoms with van der Waals surface area (Å²) in [5.41, 5.74) is 0. The number of carbonyl (C=O) groups excluding carboxylic acids is 1. The maximum absolute atomic E-state index is 12.9. The number of rotatable bonds is 40. The third kappa shape index (κ3) is 37.6. The molecule has 0 aromatic carbocycles. The Morgan fingerprint density at radius 2 is 0.941 bits per heavy atom. The van der Waals surface area contributed by atoms with Crippen molar-refractivity contribution in [1.29, 1.82) is 0 Å². The number of likely N-dealkylation sites (N-methyl/N-ethyl adjacent to an activating group) is 1. The van der Waals surface area contributed by atoms with Crippen molar-refractivity contribution >= 4 is 13.7 Å². The molecule has 1 amide bonds. The number of phosphoric acid groups is 1. The van der Waals surface area contributed by atoms with Crippen LogP contribution in [0.2, 0.25) is 0 Å². The maximum atomic E-state index is 12.9. The first-order valence-electron chi connectivity index (χ1n) is 21.9. The van der Waals surface area contributed by atoms with E-state index in [0.29, 0.717) is 23.9 Å². The topological polar surface area (TPSA) is 105 Å². The number of unbranched alkanes of at least 4 members (excludes halogenated alkanes) is 27. The molecule has 0 rings (SSSR count). The predicted octanol–water partition coefficient (Wildman–Crippen LogP) is 11.8. The molecular weight excluding hydrogens is 659 g/mol. The summed E-state index contributed by atoms with van der Waals surface area (Å²) >= 11 is 0. The summed E-state index contributed by atoms with van der Waals surface area (Å²) < 4.78 is 23.6. The van der Waals surface area contributed by atoms with E-state index in [0.717, 1.165) is 38.5 Å². The molecule has 0 bridgehead atoms. The fraction of sp³-hybridized carbons (Fsp3) is 0.976. The standard InChI is InChI=1S/C42H87N2O6P/c1-6-8-10-12-14-16-18-20-22-23-25-27-29-31-33-35-41(45)40(39-50-51(47,48)49-38-37-44(3,4)5)43-42(46)36-34-32-30-28-26-24-21-19-17-15-13-11-9-7-2/h40-41,45H,6-39H2,1-5H3,(H-,43,46,47,48)/p+1. The van der Waals surface area contributed by atoms with E-state index in [1.54, 1.807) is 0 Å². The second kappa shape index (κ2) is 35.2. The second-order valence-electron chi connectivity index (χ2n) is 16.4. The summed E-state index contributed by atoms with van der Waals surface area (Å²) in [6.07, 6.45) is 36.9. The van der Waals surface area contributed by atoms with Crippen LogP contribution in [0.3, 0.4) is 0 Å². The van der Waals surface area contributed by atoms with Gasteiger partial charge in [0.25, 0.3) is 0 Å². The van der Waals surface area contributed by atoms with Crippen LogP contribution in [0.5, 0.6) is 0 Å². The highest BCUT2D eigenvalue weighted by atomic mass is 31.2. The lowest BCUT2D eigenvalue weighted by Crippen LogP contribution is -2.46. The third-order valence-corrected chi connectivity index (χ3v) is 11.1. The molecule has 3 unspecified atom stereocenters. The second-order valence-corrected chi connectivity index (χ2v) is 17.9. The fourth-order valence-electron chi connectivity index (χ4n) is 6.58. The molecule has 0 aromatic rings. The average molecular weight is 748 g/mol. The maximum Gasteiger partial charge on any atom is 0.472 e. The van der Waals surface area contributed by atoms with Crippen LogP contribution in [-0.4, -0.2) is 73.4 Å². The lowest BCUT2D eigenvalue weighted by molar-refractivity contribution is -0.870. The first-order chi connectivity index (χ1) is 24.5. The minimum atomic E-state index is -4.30. The molecule has 0 aliphatic carbocycles. The van der Waals surface area contributed by atoms with Gasteiger partial charge in [-0.2, -0.15) is 0 Å². The number of phosphoric ester groups is 1. The number of quaternary nitrogens is 1. The van der Waals surface area contributed by atoms with E-state index in [1.807, 2.05) is 21.1 Å². The molecule has 3 N–H and O–H groups in total. The van der Waals surface area contributed by atoms with Crippen LogP contribution in [-0.2, 0) is 18.4 Å². The van der Waals surface area contributed by atoms with Gasteiger partial charge in [-0.15, -0.1) is 0 Å². The number of carbonyl (C=O) groups is 1. The third-order valence-electron chi connectivity index (χ3n) is 10.1. The molecule has 0 spiro atoms. The highest BCUT2D eigenvalue weighted by Crippen LogP contribution is 2.43. The van der Waals surface area contributed by atoms with Crippen molar-refractivity contribution in [2.75, 3.05) is 40.9 Å². The van der Waals surface area contributed by atoms with Crippen molar-refractivity contribution in [2.45, 2.75) is 225 Å². The van der Waals surface area contributed by atoms with E-state index in [4.69, 9.17) is 9.05 Å². The normalized spacial score (nSPS) is 14.4. The Kier molecular flexibility index (Phi) is 34.9. The minimum Gasteiger partial charge on any atom is -0.391 e. The molecule has 306 valence electrons. The zero-order valence-electron chi connectivity index (χ0n) is 34.6. The molecule has 0 heterocycles. The van der Waals surface area contributed by atoms with Gasteiger partial charge in [-0.05, 0) is 12.8 Å². The Hall–Kier alpha value is -0.500. The number of aliphatic hydroxyl groups excluding tert-OH is 1. The molecule has 0 aromatic heterocycles. The van der Waals surface area contributed by atoms with Gasteiger partial charge in [-0.3, -0.25) is 13.8 Å². The van der Waals surface area contributed by atoms with Gasteiger partial charge < -0.3 is 19.8 Å². The zero-order chi connectivity index (χ0) is 37.9. The first-order valence-corrected chi connectivity index (χ1v) is 23.4. The molecule has 51 heavy (non-hydrogen) atoms. The minimum absolute atomic E-state index is 0.0785. The van der Waals surface area contributed by atoms with Crippen LogP contribution in [0, 0.1) is 0 Å². The van der Waals surface area contributed by atoms with E-state index in [-0.39, 0.29) is 19.1 Å². The van der Waals surface area contributed by atoms with Gasteiger partial charge in [0, 0.05) is 6.42 Å². The van der Waals surface area contributed by atoms with Crippen molar-refractivity contribution in [3.63, 3.8) is 0 Å². The Bertz CT molecular complexity index is 809. The largest absolute Gasteiger partial charge is 0.472 e. The van der Waals surface area contributed by atoms with E-state index >= 15 is 0 Å². The van der Waals surface area contributed by atoms with Crippen LogP contribution in [0.1, 0.15) is 213 Å². The lowest BCUT2D eigenvalue weighted by atomic mass is 10.0. The first kappa shape index (κ1) is 50.5. The number of nitrogens with zero attached hydrogens (tertiary/aromatic N) is 1. The monoisotopic (exact) mass is 748 g/mol. The van der Waals surface area contributed by atoms with Gasteiger partial charge in [0.2, 0.25) is 5.91 Å². The summed E-state index contributed by atoms with van der Waals surface area (Å²) in [6.45, 7) is 4.90. The quantitative estimate of drug-likeness (QED) is 0.0327. The van der Waals surface area contributed by atoms with Gasteiger partial charge in [0.15, 0.2) is 0 Å². The molecule has 0 saturated heterocycles. The Morgan fingerprint density at radius 3 is 1.31 bits per heavy atom. The average Bonchev–Trinajstić information content (AvgIpc) is 3.07. The molecule has 9 heteroatoms. The van der Waals surface area contributed by atoms with E-state index in [9.17, 15) is 19.4 Å². The molecule has 0 fully saturated rings. The molecular formula is C42H88N2O6P+. The zero-order valence-corrected chi connectivity index (χ0v) is 35.5. The Morgan fingerprint density at radius 1 is 0.588 bits per heavy atom.